The summed E-state index contributed by atoms with van der Waals surface area (Å²) in [6, 6.07) is 15.6. The minimum absolute atomic E-state index is 0.0900. The first kappa shape index (κ1) is 19.0. The van der Waals surface area contributed by atoms with Gasteiger partial charge in [0.25, 0.3) is 0 Å². The second-order valence-electron chi connectivity index (χ2n) is 5.39. The molecule has 134 valence electrons. The molecule has 0 fully saturated rings. The fourth-order valence-corrected chi connectivity index (χ4v) is 3.26. The number of carbonyl (C=O) groups excluding carboxylic acids is 1. The van der Waals surface area contributed by atoms with Gasteiger partial charge in [0.1, 0.15) is 5.75 Å². The van der Waals surface area contributed by atoms with E-state index >= 15 is 0 Å². The fraction of sp³-hybridized carbons (Fsp3) is 0.278. The van der Waals surface area contributed by atoms with E-state index in [9.17, 15) is 13.2 Å². The number of nitrogens with one attached hydrogen (secondary N) is 1. The standard InChI is InChI=1S/C18H22N2O4S/c1-3-20(14-15-7-5-4-6-8-15)18(21)13-19-25(22,23)17-11-9-16(24-2)10-12-17/h4-12,19H,3,13-14H2,1-2H3. The molecule has 0 unspecified atom stereocenters. The smallest absolute Gasteiger partial charge is 0.241 e. The zero-order valence-electron chi connectivity index (χ0n) is 14.3. The summed E-state index contributed by atoms with van der Waals surface area (Å²) in [7, 11) is -2.24. The maximum absolute atomic E-state index is 12.3. The van der Waals surface area contributed by atoms with Gasteiger partial charge >= 0.3 is 0 Å². The van der Waals surface area contributed by atoms with Crippen molar-refractivity contribution in [3.63, 3.8) is 0 Å². The summed E-state index contributed by atoms with van der Waals surface area (Å²) in [6.07, 6.45) is 0. The van der Waals surface area contributed by atoms with Gasteiger partial charge in [0.05, 0.1) is 18.6 Å². The lowest BCUT2D eigenvalue weighted by Crippen LogP contribution is -2.39. The van der Waals surface area contributed by atoms with Crippen molar-refractivity contribution in [1.29, 1.82) is 0 Å². The number of methoxy groups -OCH3 is 1. The summed E-state index contributed by atoms with van der Waals surface area (Å²) < 4.78 is 31.9. The predicted molar refractivity (Wildman–Crippen MR) is 95.7 cm³/mol. The predicted octanol–water partition coefficient (Wildman–Crippen LogP) is 2.02. The molecule has 25 heavy (non-hydrogen) atoms. The Balaban J connectivity index is 1.98. The van der Waals surface area contributed by atoms with Crippen LogP contribution in [0.2, 0.25) is 0 Å². The first-order valence-electron chi connectivity index (χ1n) is 7.91. The van der Waals surface area contributed by atoms with Crippen molar-refractivity contribution < 1.29 is 17.9 Å². The number of likely N-dealkylation sites (N-methyl/N-ethyl adjacent to an activating group) is 1. The van der Waals surface area contributed by atoms with Gasteiger partial charge in [0, 0.05) is 13.1 Å². The second-order valence-corrected chi connectivity index (χ2v) is 7.16. The molecular weight excluding hydrogens is 340 g/mol. The SMILES string of the molecule is CCN(Cc1ccccc1)C(=O)CNS(=O)(=O)c1ccc(OC)cc1. The Morgan fingerprint density at radius 3 is 2.28 bits per heavy atom. The van der Waals surface area contributed by atoms with Crippen LogP contribution in [0, 0.1) is 0 Å². The summed E-state index contributed by atoms with van der Waals surface area (Å²) in [5.74, 6) is 0.290. The van der Waals surface area contributed by atoms with Gasteiger partial charge in [-0.2, -0.15) is 0 Å². The van der Waals surface area contributed by atoms with Crippen LogP contribution < -0.4 is 9.46 Å². The zero-order valence-corrected chi connectivity index (χ0v) is 15.1. The van der Waals surface area contributed by atoms with E-state index in [1.165, 1.54) is 19.2 Å². The first-order chi connectivity index (χ1) is 12.0. The number of hydrogen-bond donors (Lipinski definition) is 1. The number of amides is 1. The molecule has 0 aliphatic rings. The minimum Gasteiger partial charge on any atom is -0.497 e. The Morgan fingerprint density at radius 1 is 1.08 bits per heavy atom. The Bertz CT molecular complexity index is 790. The number of sulfonamides is 1. The van der Waals surface area contributed by atoms with E-state index in [4.69, 9.17) is 4.74 Å². The van der Waals surface area contributed by atoms with Gasteiger partial charge in [-0.1, -0.05) is 30.3 Å². The number of ether oxygens (including phenoxy) is 1. The van der Waals surface area contributed by atoms with E-state index < -0.39 is 10.0 Å². The van der Waals surface area contributed by atoms with Crippen LogP contribution >= 0.6 is 0 Å². The molecule has 0 bridgehead atoms. The molecular formula is C18H22N2O4S. The van der Waals surface area contributed by atoms with Crippen LogP contribution in [0.15, 0.2) is 59.5 Å². The van der Waals surface area contributed by atoms with Crippen molar-refractivity contribution in [2.75, 3.05) is 20.2 Å². The highest BCUT2D eigenvalue weighted by atomic mass is 32.2. The van der Waals surface area contributed by atoms with Crippen molar-refractivity contribution in [1.82, 2.24) is 9.62 Å². The third kappa shape index (κ3) is 5.30. The maximum atomic E-state index is 12.3. The minimum atomic E-state index is -3.75. The van der Waals surface area contributed by atoms with Crippen molar-refractivity contribution in [3.05, 3.63) is 60.2 Å². The van der Waals surface area contributed by atoms with E-state index in [1.807, 2.05) is 37.3 Å². The van der Waals surface area contributed by atoms with Crippen LogP contribution in [0.1, 0.15) is 12.5 Å². The number of benzene rings is 2. The molecule has 0 aliphatic carbocycles. The van der Waals surface area contributed by atoms with E-state index in [0.717, 1.165) is 5.56 Å². The third-order valence-electron chi connectivity index (χ3n) is 3.73. The van der Waals surface area contributed by atoms with Crippen LogP contribution in [-0.4, -0.2) is 39.4 Å². The molecule has 0 spiro atoms. The molecule has 0 radical (unpaired) electrons. The van der Waals surface area contributed by atoms with Gasteiger partial charge in [0.2, 0.25) is 15.9 Å². The molecule has 0 saturated heterocycles. The molecule has 6 nitrogen and oxygen atoms in total. The maximum Gasteiger partial charge on any atom is 0.241 e. The molecule has 0 aromatic heterocycles. The Morgan fingerprint density at radius 2 is 1.72 bits per heavy atom. The van der Waals surface area contributed by atoms with Crippen LogP contribution in [-0.2, 0) is 21.4 Å². The lowest BCUT2D eigenvalue weighted by molar-refractivity contribution is -0.130. The van der Waals surface area contributed by atoms with Crippen LogP contribution in [0.4, 0.5) is 0 Å². The van der Waals surface area contributed by atoms with E-state index in [-0.39, 0.29) is 17.3 Å². The highest BCUT2D eigenvalue weighted by molar-refractivity contribution is 7.89. The van der Waals surface area contributed by atoms with Gasteiger partial charge < -0.3 is 9.64 Å². The van der Waals surface area contributed by atoms with E-state index in [1.54, 1.807) is 17.0 Å². The van der Waals surface area contributed by atoms with Gasteiger partial charge in [-0.15, -0.1) is 0 Å². The Labute approximate surface area is 148 Å². The van der Waals surface area contributed by atoms with Gasteiger partial charge in [0.15, 0.2) is 0 Å². The van der Waals surface area contributed by atoms with Crippen LogP contribution in [0.5, 0.6) is 5.75 Å². The third-order valence-corrected chi connectivity index (χ3v) is 5.15. The Hall–Kier alpha value is -2.38. The summed E-state index contributed by atoms with van der Waals surface area (Å²) in [6.45, 7) is 2.52. The highest BCUT2D eigenvalue weighted by Crippen LogP contribution is 2.15. The first-order valence-corrected chi connectivity index (χ1v) is 9.40. The van der Waals surface area contributed by atoms with Gasteiger partial charge in [-0.25, -0.2) is 13.1 Å². The molecule has 1 N–H and O–H groups in total. The topological polar surface area (TPSA) is 75.7 Å². The monoisotopic (exact) mass is 362 g/mol. The van der Waals surface area contributed by atoms with Crippen molar-refractivity contribution in [3.8, 4) is 5.75 Å². The van der Waals surface area contributed by atoms with Crippen LogP contribution in [0.3, 0.4) is 0 Å². The molecule has 0 saturated carbocycles. The van der Waals surface area contributed by atoms with Gasteiger partial charge in [-0.05, 0) is 36.8 Å². The average molecular weight is 362 g/mol. The Kier molecular flexibility index (Phi) is 6.55. The number of nitrogens with zero attached hydrogens (tertiary/aromatic N) is 1. The molecule has 2 rings (SSSR count). The molecule has 0 atom stereocenters. The number of hydrogen-bond acceptors (Lipinski definition) is 4. The molecule has 0 heterocycles. The lowest BCUT2D eigenvalue weighted by Gasteiger charge is -2.21. The number of rotatable bonds is 8. The molecule has 7 heteroatoms. The normalized spacial score (nSPS) is 11.1. The number of carbonyl (C=O) groups is 1. The molecule has 2 aromatic rings. The second kappa shape index (κ2) is 8.64. The van der Waals surface area contributed by atoms with E-state index in [0.29, 0.717) is 18.8 Å². The molecule has 1 amide bonds. The summed E-state index contributed by atoms with van der Waals surface area (Å²) >= 11 is 0. The fourth-order valence-electron chi connectivity index (χ4n) is 2.29. The molecule has 2 aromatic carbocycles. The zero-order chi connectivity index (χ0) is 18.3. The average Bonchev–Trinajstić information content (AvgIpc) is 2.65. The van der Waals surface area contributed by atoms with Crippen molar-refractivity contribution >= 4 is 15.9 Å². The summed E-state index contributed by atoms with van der Waals surface area (Å²) in [4.78, 5) is 14.0. The van der Waals surface area contributed by atoms with Crippen molar-refractivity contribution in [2.45, 2.75) is 18.4 Å². The summed E-state index contributed by atoms with van der Waals surface area (Å²) in [5.41, 5.74) is 0.996. The van der Waals surface area contributed by atoms with Crippen molar-refractivity contribution in [2.24, 2.45) is 0 Å². The van der Waals surface area contributed by atoms with Crippen LogP contribution in [0.25, 0.3) is 0 Å². The highest BCUT2D eigenvalue weighted by Gasteiger charge is 2.18. The van der Waals surface area contributed by atoms with Gasteiger partial charge in [-0.3, -0.25) is 4.79 Å². The quantitative estimate of drug-likeness (QED) is 0.780. The summed E-state index contributed by atoms with van der Waals surface area (Å²) in [5, 5.41) is 0. The van der Waals surface area contributed by atoms with E-state index in [2.05, 4.69) is 4.72 Å². The molecule has 0 aliphatic heterocycles. The largest absolute Gasteiger partial charge is 0.497 e. The lowest BCUT2D eigenvalue weighted by atomic mass is 10.2.